The molecule has 3 N–H and O–H groups in total. The van der Waals surface area contributed by atoms with Crippen molar-refractivity contribution in [1.82, 2.24) is 15.3 Å². The first-order chi connectivity index (χ1) is 9.69. The van der Waals surface area contributed by atoms with E-state index in [1.807, 2.05) is 31.2 Å². The van der Waals surface area contributed by atoms with Crippen LogP contribution in [0, 0.1) is 0 Å². The number of aliphatic hydroxyl groups is 1. The van der Waals surface area contributed by atoms with Crippen LogP contribution >= 0.6 is 11.8 Å². The van der Waals surface area contributed by atoms with E-state index in [4.69, 9.17) is 5.11 Å². The van der Waals surface area contributed by atoms with Gasteiger partial charge in [-0.2, -0.15) is 0 Å². The second kappa shape index (κ2) is 7.31. The van der Waals surface area contributed by atoms with Gasteiger partial charge in [-0.3, -0.25) is 4.79 Å². The Balaban J connectivity index is 1.81. The van der Waals surface area contributed by atoms with Crippen LogP contribution in [0.5, 0.6) is 0 Å². The van der Waals surface area contributed by atoms with Crippen LogP contribution in [0.25, 0.3) is 11.0 Å². The number of rotatable bonds is 7. The predicted octanol–water partition coefficient (Wildman–Crippen LogP) is 1.93. The highest BCUT2D eigenvalue weighted by atomic mass is 32.2. The van der Waals surface area contributed by atoms with Gasteiger partial charge in [0.2, 0.25) is 5.91 Å². The van der Waals surface area contributed by atoms with Gasteiger partial charge < -0.3 is 15.4 Å². The van der Waals surface area contributed by atoms with Crippen LogP contribution in [0.2, 0.25) is 0 Å². The Hall–Kier alpha value is -1.53. The Labute approximate surface area is 122 Å². The Morgan fingerprint density at radius 3 is 3.05 bits per heavy atom. The first kappa shape index (κ1) is 14.9. The number of H-pyrrole nitrogens is 1. The molecular weight excluding hydrogens is 274 g/mol. The average molecular weight is 293 g/mol. The number of benzene rings is 1. The van der Waals surface area contributed by atoms with Crippen molar-refractivity contribution in [1.29, 1.82) is 0 Å². The van der Waals surface area contributed by atoms with Gasteiger partial charge in [-0.15, -0.1) is 0 Å². The van der Waals surface area contributed by atoms with Gasteiger partial charge >= 0.3 is 0 Å². The van der Waals surface area contributed by atoms with Crippen LogP contribution in [0.15, 0.2) is 29.4 Å². The summed E-state index contributed by atoms with van der Waals surface area (Å²) in [5.41, 5.74) is 1.89. The smallest absolute Gasteiger partial charge is 0.230 e. The molecule has 1 atom stereocenters. The van der Waals surface area contributed by atoms with E-state index in [9.17, 15) is 4.79 Å². The van der Waals surface area contributed by atoms with Gasteiger partial charge in [0, 0.05) is 12.6 Å². The number of amides is 1. The topological polar surface area (TPSA) is 78.0 Å². The van der Waals surface area contributed by atoms with Crippen molar-refractivity contribution in [3.8, 4) is 0 Å². The zero-order valence-corrected chi connectivity index (χ0v) is 12.2. The van der Waals surface area contributed by atoms with E-state index in [1.54, 1.807) is 0 Å². The first-order valence-corrected chi connectivity index (χ1v) is 7.65. The molecule has 0 radical (unpaired) electrons. The third-order valence-corrected chi connectivity index (χ3v) is 3.78. The molecule has 0 fully saturated rings. The van der Waals surface area contributed by atoms with E-state index in [-0.39, 0.29) is 18.6 Å². The van der Waals surface area contributed by atoms with E-state index in [0.29, 0.717) is 12.2 Å². The first-order valence-electron chi connectivity index (χ1n) is 6.67. The summed E-state index contributed by atoms with van der Waals surface area (Å²) in [5.74, 6) is 0.324. The van der Waals surface area contributed by atoms with E-state index in [1.165, 1.54) is 11.8 Å². The third kappa shape index (κ3) is 4.25. The monoisotopic (exact) mass is 293 g/mol. The van der Waals surface area contributed by atoms with Gasteiger partial charge in [0.25, 0.3) is 0 Å². The molecule has 0 aliphatic heterocycles. The molecule has 1 aromatic heterocycles. The summed E-state index contributed by atoms with van der Waals surface area (Å²) in [6, 6.07) is 7.87. The zero-order chi connectivity index (χ0) is 14.4. The molecule has 0 saturated heterocycles. The van der Waals surface area contributed by atoms with Crippen LogP contribution in [-0.4, -0.2) is 39.4 Å². The Morgan fingerprint density at radius 2 is 2.30 bits per heavy atom. The Bertz CT molecular complexity index is 537. The molecule has 0 spiro atoms. The number of carbonyl (C=O) groups is 1. The number of nitrogens with one attached hydrogen (secondary N) is 2. The van der Waals surface area contributed by atoms with Gasteiger partial charge in [0.15, 0.2) is 5.16 Å². The molecular formula is C14H19N3O2S. The molecule has 0 saturated carbocycles. The molecule has 1 heterocycles. The van der Waals surface area contributed by atoms with Crippen molar-refractivity contribution < 1.29 is 9.90 Å². The lowest BCUT2D eigenvalue weighted by Crippen LogP contribution is -2.33. The number of carbonyl (C=O) groups excluding carboxylic acids is 1. The number of aliphatic hydroxyl groups excluding tert-OH is 1. The number of aromatic nitrogens is 2. The summed E-state index contributed by atoms with van der Waals surface area (Å²) in [7, 11) is 0. The average Bonchev–Trinajstić information content (AvgIpc) is 2.85. The van der Waals surface area contributed by atoms with E-state index < -0.39 is 0 Å². The number of imidazole rings is 1. The minimum Gasteiger partial charge on any atom is -0.396 e. The lowest BCUT2D eigenvalue weighted by molar-refractivity contribution is -0.119. The third-order valence-electron chi connectivity index (χ3n) is 2.91. The number of aromatic amines is 1. The van der Waals surface area contributed by atoms with Crippen molar-refractivity contribution in [3.05, 3.63) is 24.3 Å². The normalized spacial score (nSPS) is 12.5. The van der Waals surface area contributed by atoms with Crippen LogP contribution in [0.1, 0.15) is 19.8 Å². The molecule has 2 aromatic rings. The second-order valence-corrected chi connectivity index (χ2v) is 5.65. The fraction of sp³-hybridized carbons (Fsp3) is 0.429. The highest BCUT2D eigenvalue weighted by Crippen LogP contribution is 2.18. The summed E-state index contributed by atoms with van der Waals surface area (Å²) >= 11 is 1.39. The number of nitrogens with zero attached hydrogens (tertiary/aromatic N) is 1. The van der Waals surface area contributed by atoms with Crippen LogP contribution in [0.3, 0.4) is 0 Å². The number of hydrogen-bond acceptors (Lipinski definition) is 4. The van der Waals surface area contributed by atoms with Gasteiger partial charge in [0.05, 0.1) is 16.8 Å². The van der Waals surface area contributed by atoms with Gasteiger partial charge in [-0.25, -0.2) is 4.98 Å². The summed E-state index contributed by atoms with van der Waals surface area (Å²) in [6.07, 6.45) is 1.50. The molecule has 0 aliphatic rings. The Morgan fingerprint density at radius 1 is 1.50 bits per heavy atom. The molecule has 1 unspecified atom stereocenters. The highest BCUT2D eigenvalue weighted by molar-refractivity contribution is 7.99. The quantitative estimate of drug-likeness (QED) is 0.682. The molecule has 2 rings (SSSR count). The van der Waals surface area contributed by atoms with Crippen molar-refractivity contribution in [2.24, 2.45) is 0 Å². The maximum Gasteiger partial charge on any atom is 0.230 e. The van der Waals surface area contributed by atoms with Crippen LogP contribution < -0.4 is 5.32 Å². The fourth-order valence-corrected chi connectivity index (χ4v) is 2.61. The fourth-order valence-electron chi connectivity index (χ4n) is 1.92. The SMILES string of the molecule is CC(CCCO)NC(=O)CSc1nc2ccccc2[nH]1. The number of hydrogen-bond donors (Lipinski definition) is 3. The van der Waals surface area contributed by atoms with E-state index in [2.05, 4.69) is 15.3 Å². The lowest BCUT2D eigenvalue weighted by Gasteiger charge is -2.12. The van der Waals surface area contributed by atoms with Gasteiger partial charge in [-0.1, -0.05) is 23.9 Å². The maximum absolute atomic E-state index is 11.8. The molecule has 6 heteroatoms. The molecule has 5 nitrogen and oxygen atoms in total. The summed E-state index contributed by atoms with van der Waals surface area (Å²) in [6.45, 7) is 2.10. The summed E-state index contributed by atoms with van der Waals surface area (Å²) in [5, 5.41) is 12.4. The van der Waals surface area contributed by atoms with Crippen molar-refractivity contribution in [2.75, 3.05) is 12.4 Å². The van der Waals surface area contributed by atoms with Crippen LogP contribution in [-0.2, 0) is 4.79 Å². The minimum atomic E-state index is -0.0131. The zero-order valence-electron chi connectivity index (χ0n) is 11.4. The highest BCUT2D eigenvalue weighted by Gasteiger charge is 2.09. The maximum atomic E-state index is 11.8. The number of thioether (sulfide) groups is 1. The number of para-hydroxylation sites is 2. The van der Waals surface area contributed by atoms with Crippen LogP contribution in [0.4, 0.5) is 0 Å². The second-order valence-electron chi connectivity index (χ2n) is 4.68. The summed E-state index contributed by atoms with van der Waals surface area (Å²) in [4.78, 5) is 19.4. The molecule has 1 amide bonds. The van der Waals surface area contributed by atoms with Gasteiger partial charge in [-0.05, 0) is 31.9 Å². The molecule has 108 valence electrons. The predicted molar refractivity (Wildman–Crippen MR) is 80.7 cm³/mol. The molecule has 1 aromatic carbocycles. The van der Waals surface area contributed by atoms with E-state index >= 15 is 0 Å². The lowest BCUT2D eigenvalue weighted by atomic mass is 10.2. The number of fused-ring (bicyclic) bond motifs is 1. The molecule has 0 bridgehead atoms. The van der Waals surface area contributed by atoms with Crippen molar-refractivity contribution in [2.45, 2.75) is 31.0 Å². The standard InChI is InChI=1S/C14H19N3O2S/c1-10(5-4-8-18)15-13(19)9-20-14-16-11-6-2-3-7-12(11)17-14/h2-3,6-7,10,18H,4-5,8-9H2,1H3,(H,15,19)(H,16,17). The largest absolute Gasteiger partial charge is 0.396 e. The van der Waals surface area contributed by atoms with Crippen molar-refractivity contribution in [3.63, 3.8) is 0 Å². The van der Waals surface area contributed by atoms with Gasteiger partial charge in [0.1, 0.15) is 0 Å². The minimum absolute atomic E-state index is 0.0131. The molecule has 0 aliphatic carbocycles. The molecule has 20 heavy (non-hydrogen) atoms. The van der Waals surface area contributed by atoms with E-state index in [0.717, 1.165) is 22.6 Å². The Kier molecular flexibility index (Phi) is 5.43. The van der Waals surface area contributed by atoms with Crippen molar-refractivity contribution >= 4 is 28.7 Å². The summed E-state index contributed by atoms with van der Waals surface area (Å²) < 4.78 is 0.